The maximum atomic E-state index is 11.9. The first kappa shape index (κ1) is 14.1. The molecule has 2 amide bonds. The number of nitrogens with zero attached hydrogens (tertiary/aromatic N) is 1. The molecule has 1 saturated heterocycles. The molecule has 112 valence electrons. The third-order valence-corrected chi connectivity index (χ3v) is 4.09. The Bertz CT molecular complexity index is 610. The van der Waals surface area contributed by atoms with E-state index < -0.39 is 6.04 Å². The Hall–Kier alpha value is -1.88. The number of carbonyl (C=O) groups excluding carboxylic acids is 2. The molecule has 1 aromatic carbocycles. The molecular weight excluding hydrogens is 268 g/mol. The fourth-order valence-corrected chi connectivity index (χ4v) is 2.97. The lowest BCUT2D eigenvalue weighted by atomic mass is 10.0. The fourth-order valence-electron chi connectivity index (χ4n) is 2.97. The Balaban J connectivity index is 1.72. The Morgan fingerprint density at radius 1 is 1.38 bits per heavy atom. The molecule has 0 bridgehead atoms. The van der Waals surface area contributed by atoms with Gasteiger partial charge in [-0.15, -0.1) is 0 Å². The molecule has 2 heterocycles. The normalized spacial score (nSPS) is 23.4. The number of imide groups is 1. The summed E-state index contributed by atoms with van der Waals surface area (Å²) in [7, 11) is 1.53. The third-order valence-electron chi connectivity index (χ3n) is 4.09. The zero-order chi connectivity index (χ0) is 15.2. The number of fused-ring (bicyclic) bond motifs is 1. The van der Waals surface area contributed by atoms with E-state index >= 15 is 0 Å². The van der Waals surface area contributed by atoms with E-state index in [-0.39, 0.29) is 23.8 Å². The van der Waals surface area contributed by atoms with Crippen molar-refractivity contribution in [3.05, 3.63) is 29.3 Å². The number of likely N-dealkylation sites (N-methyl/N-ethyl adjacent to an activating group) is 1. The van der Waals surface area contributed by atoms with Crippen molar-refractivity contribution in [2.24, 2.45) is 0 Å². The lowest BCUT2D eigenvalue weighted by molar-refractivity contribution is -0.137. The predicted molar refractivity (Wildman–Crippen MR) is 77.9 cm³/mol. The topological polar surface area (TPSA) is 58.6 Å². The van der Waals surface area contributed by atoms with Crippen molar-refractivity contribution < 1.29 is 14.3 Å². The number of carbonyl (C=O) groups is 2. The van der Waals surface area contributed by atoms with Crippen molar-refractivity contribution in [3.63, 3.8) is 0 Å². The number of benzene rings is 1. The summed E-state index contributed by atoms with van der Waals surface area (Å²) in [6.07, 6.45) is 1.12. The molecule has 5 nitrogen and oxygen atoms in total. The quantitative estimate of drug-likeness (QED) is 0.850. The van der Waals surface area contributed by atoms with E-state index in [9.17, 15) is 9.59 Å². The summed E-state index contributed by atoms with van der Waals surface area (Å²) < 4.78 is 6.01. The molecule has 0 aromatic heterocycles. The minimum atomic E-state index is -0.423. The van der Waals surface area contributed by atoms with Crippen molar-refractivity contribution >= 4 is 11.8 Å². The zero-order valence-electron chi connectivity index (χ0n) is 12.6. The van der Waals surface area contributed by atoms with Crippen LogP contribution in [-0.2, 0) is 22.6 Å². The van der Waals surface area contributed by atoms with Crippen LogP contribution in [0.5, 0.6) is 5.75 Å². The fraction of sp³-hybridized carbons (Fsp3) is 0.500. The predicted octanol–water partition coefficient (Wildman–Crippen LogP) is 1.25. The van der Waals surface area contributed by atoms with Crippen LogP contribution in [0.2, 0.25) is 0 Å². The summed E-state index contributed by atoms with van der Waals surface area (Å²) in [6, 6.07) is 5.66. The molecule has 1 atom stereocenters. The average Bonchev–Trinajstić information content (AvgIpc) is 2.86. The summed E-state index contributed by atoms with van der Waals surface area (Å²) >= 11 is 0. The van der Waals surface area contributed by atoms with Crippen molar-refractivity contribution in [2.45, 2.75) is 44.9 Å². The molecule has 1 unspecified atom stereocenters. The highest BCUT2D eigenvalue weighted by Crippen LogP contribution is 2.37. The molecule has 3 rings (SSSR count). The lowest BCUT2D eigenvalue weighted by Gasteiger charge is -2.19. The first-order chi connectivity index (χ1) is 9.87. The number of likely N-dealkylation sites (tertiary alicyclic amines) is 1. The smallest absolute Gasteiger partial charge is 0.246 e. The van der Waals surface area contributed by atoms with Gasteiger partial charge in [0.1, 0.15) is 11.4 Å². The first-order valence-corrected chi connectivity index (χ1v) is 7.21. The first-order valence-electron chi connectivity index (χ1n) is 7.21. The number of rotatable bonds is 3. The minimum absolute atomic E-state index is 0.131. The van der Waals surface area contributed by atoms with Gasteiger partial charge in [-0.3, -0.25) is 14.5 Å². The van der Waals surface area contributed by atoms with Crippen LogP contribution in [-0.4, -0.2) is 35.4 Å². The van der Waals surface area contributed by atoms with Gasteiger partial charge in [-0.2, -0.15) is 0 Å². The molecule has 0 radical (unpaired) electrons. The number of para-hydroxylation sites is 1. The summed E-state index contributed by atoms with van der Waals surface area (Å²) in [6.45, 7) is 4.66. The van der Waals surface area contributed by atoms with Crippen molar-refractivity contribution in [1.29, 1.82) is 0 Å². The average molecular weight is 288 g/mol. The van der Waals surface area contributed by atoms with Crippen LogP contribution in [0.15, 0.2) is 18.2 Å². The molecule has 2 aliphatic heterocycles. The minimum Gasteiger partial charge on any atom is -0.487 e. The van der Waals surface area contributed by atoms with Crippen molar-refractivity contribution in [2.75, 3.05) is 7.05 Å². The molecule has 5 heteroatoms. The standard InChI is InChI=1S/C16H20N2O3/c1-16(2)8-10-5-4-6-11(14(10)21-16)9-17-12-7-13(19)18(3)15(12)20/h4-6,12,17H,7-9H2,1-3H3. The van der Waals surface area contributed by atoms with Crippen LogP contribution < -0.4 is 10.1 Å². The molecule has 1 fully saturated rings. The van der Waals surface area contributed by atoms with Crippen molar-refractivity contribution in [1.82, 2.24) is 10.2 Å². The van der Waals surface area contributed by atoms with E-state index in [1.807, 2.05) is 12.1 Å². The maximum Gasteiger partial charge on any atom is 0.246 e. The number of ether oxygens (including phenoxy) is 1. The van der Waals surface area contributed by atoms with Gasteiger partial charge in [-0.05, 0) is 19.4 Å². The molecule has 1 N–H and O–H groups in total. The highest BCUT2D eigenvalue weighted by atomic mass is 16.5. The molecular formula is C16H20N2O3. The molecule has 0 saturated carbocycles. The van der Waals surface area contributed by atoms with E-state index in [1.165, 1.54) is 17.5 Å². The zero-order valence-corrected chi connectivity index (χ0v) is 12.6. The van der Waals surface area contributed by atoms with Crippen LogP contribution >= 0.6 is 0 Å². The van der Waals surface area contributed by atoms with E-state index in [1.54, 1.807) is 0 Å². The highest BCUT2D eigenvalue weighted by molar-refractivity contribution is 6.05. The van der Waals surface area contributed by atoms with Gasteiger partial charge in [0.2, 0.25) is 11.8 Å². The van der Waals surface area contributed by atoms with E-state index in [0.717, 1.165) is 17.7 Å². The van der Waals surface area contributed by atoms with Gasteiger partial charge in [0.15, 0.2) is 0 Å². The second-order valence-corrected chi connectivity index (χ2v) is 6.37. The number of nitrogens with one attached hydrogen (secondary N) is 1. The molecule has 1 aromatic rings. The van der Waals surface area contributed by atoms with Crippen LogP contribution in [0.3, 0.4) is 0 Å². The van der Waals surface area contributed by atoms with E-state index in [2.05, 4.69) is 25.2 Å². The molecule has 0 spiro atoms. The van der Waals surface area contributed by atoms with Gasteiger partial charge >= 0.3 is 0 Å². The summed E-state index contributed by atoms with van der Waals surface area (Å²) in [5.74, 6) is 0.627. The highest BCUT2D eigenvalue weighted by Gasteiger charge is 2.36. The van der Waals surface area contributed by atoms with Gasteiger partial charge in [-0.25, -0.2) is 0 Å². The molecule has 2 aliphatic rings. The Labute approximate surface area is 124 Å². The Kier molecular flexibility index (Phi) is 3.24. The third kappa shape index (κ3) is 2.53. The summed E-state index contributed by atoms with van der Waals surface area (Å²) in [5, 5.41) is 3.17. The number of hydrogen-bond donors (Lipinski definition) is 1. The SMILES string of the molecule is CN1C(=O)CC(NCc2cccc3c2OC(C)(C)C3)C1=O. The summed E-state index contributed by atoms with van der Waals surface area (Å²) in [5.41, 5.74) is 2.05. The second-order valence-electron chi connectivity index (χ2n) is 6.37. The van der Waals surface area contributed by atoms with Gasteiger partial charge in [-0.1, -0.05) is 18.2 Å². The number of amides is 2. The maximum absolute atomic E-state index is 11.9. The Morgan fingerprint density at radius 3 is 2.81 bits per heavy atom. The van der Waals surface area contributed by atoms with E-state index in [4.69, 9.17) is 4.74 Å². The van der Waals surface area contributed by atoms with Gasteiger partial charge in [0.25, 0.3) is 0 Å². The van der Waals surface area contributed by atoms with Crippen LogP contribution in [0, 0.1) is 0 Å². The summed E-state index contributed by atoms with van der Waals surface area (Å²) in [4.78, 5) is 24.6. The van der Waals surface area contributed by atoms with Crippen LogP contribution in [0.1, 0.15) is 31.4 Å². The van der Waals surface area contributed by atoms with Crippen molar-refractivity contribution in [3.8, 4) is 5.75 Å². The van der Waals surface area contributed by atoms with E-state index in [0.29, 0.717) is 6.54 Å². The number of hydrogen-bond acceptors (Lipinski definition) is 4. The Morgan fingerprint density at radius 2 is 2.14 bits per heavy atom. The molecule has 0 aliphatic carbocycles. The van der Waals surface area contributed by atoms with Crippen LogP contribution in [0.4, 0.5) is 0 Å². The van der Waals surface area contributed by atoms with Gasteiger partial charge in [0.05, 0.1) is 12.5 Å². The second kappa shape index (κ2) is 4.84. The largest absolute Gasteiger partial charge is 0.487 e. The van der Waals surface area contributed by atoms with Crippen LogP contribution in [0.25, 0.3) is 0 Å². The molecule has 21 heavy (non-hydrogen) atoms. The lowest BCUT2D eigenvalue weighted by Crippen LogP contribution is -2.36. The van der Waals surface area contributed by atoms with Gasteiger partial charge < -0.3 is 10.1 Å². The van der Waals surface area contributed by atoms with Gasteiger partial charge in [0, 0.05) is 25.6 Å². The monoisotopic (exact) mass is 288 g/mol.